The molecule has 2 heterocycles. The Bertz CT molecular complexity index is 1070. The Morgan fingerprint density at radius 3 is 2.73 bits per heavy atom. The summed E-state index contributed by atoms with van der Waals surface area (Å²) in [6, 6.07) is 22.4. The summed E-state index contributed by atoms with van der Waals surface area (Å²) < 4.78 is 0. The SMILES string of the molecule is Cc1ccc2[nH]c3c(c2c1)CCNC3Cc1cccc2ccccc12.Cl. The van der Waals surface area contributed by atoms with E-state index in [9.17, 15) is 0 Å². The van der Waals surface area contributed by atoms with Gasteiger partial charge in [-0.1, -0.05) is 54.1 Å². The molecule has 0 amide bonds. The van der Waals surface area contributed by atoms with Gasteiger partial charge in [0.15, 0.2) is 0 Å². The van der Waals surface area contributed by atoms with Crippen LogP contribution in [-0.4, -0.2) is 11.5 Å². The van der Waals surface area contributed by atoms with Gasteiger partial charge in [-0.05, 0) is 60.3 Å². The molecule has 2 nitrogen and oxygen atoms in total. The molecule has 4 aromatic rings. The number of nitrogens with one attached hydrogen (secondary N) is 2. The highest BCUT2D eigenvalue weighted by molar-refractivity contribution is 5.87. The van der Waals surface area contributed by atoms with Gasteiger partial charge in [0, 0.05) is 16.6 Å². The maximum absolute atomic E-state index is 3.73. The molecular weight excluding hydrogens is 340 g/mol. The minimum absolute atomic E-state index is 0. The molecule has 1 aliphatic rings. The van der Waals surface area contributed by atoms with Crippen molar-refractivity contribution in [2.45, 2.75) is 25.8 Å². The predicted octanol–water partition coefficient (Wildman–Crippen LogP) is 5.48. The second-order valence-electron chi connectivity index (χ2n) is 7.17. The van der Waals surface area contributed by atoms with Gasteiger partial charge in [-0.15, -0.1) is 12.4 Å². The Balaban J connectivity index is 0.00000168. The average molecular weight is 363 g/mol. The number of aromatic amines is 1. The molecule has 0 bridgehead atoms. The molecule has 1 aromatic heterocycles. The number of halogens is 1. The van der Waals surface area contributed by atoms with Crippen LogP contribution in [0.15, 0.2) is 60.7 Å². The van der Waals surface area contributed by atoms with E-state index in [0.29, 0.717) is 6.04 Å². The first-order valence-corrected chi connectivity index (χ1v) is 9.11. The van der Waals surface area contributed by atoms with Crippen molar-refractivity contribution >= 4 is 34.1 Å². The normalized spacial score (nSPS) is 16.4. The molecule has 0 radical (unpaired) electrons. The monoisotopic (exact) mass is 362 g/mol. The lowest BCUT2D eigenvalue weighted by Gasteiger charge is -2.25. The second kappa shape index (κ2) is 6.79. The van der Waals surface area contributed by atoms with E-state index < -0.39 is 0 Å². The van der Waals surface area contributed by atoms with E-state index in [-0.39, 0.29) is 12.4 Å². The van der Waals surface area contributed by atoms with Gasteiger partial charge in [-0.3, -0.25) is 0 Å². The first kappa shape index (κ1) is 17.1. The number of fused-ring (bicyclic) bond motifs is 4. The van der Waals surface area contributed by atoms with Gasteiger partial charge in [0.25, 0.3) is 0 Å². The summed E-state index contributed by atoms with van der Waals surface area (Å²) in [7, 11) is 0. The Labute approximate surface area is 160 Å². The topological polar surface area (TPSA) is 27.8 Å². The molecular formula is C23H23ClN2. The molecule has 0 saturated carbocycles. The quantitative estimate of drug-likeness (QED) is 0.485. The van der Waals surface area contributed by atoms with Gasteiger partial charge in [-0.25, -0.2) is 0 Å². The molecule has 3 heteroatoms. The number of benzene rings is 3. The molecule has 0 saturated heterocycles. The molecule has 2 N–H and O–H groups in total. The van der Waals surface area contributed by atoms with E-state index in [1.54, 1.807) is 0 Å². The van der Waals surface area contributed by atoms with E-state index in [2.05, 4.69) is 77.9 Å². The summed E-state index contributed by atoms with van der Waals surface area (Å²) in [5.41, 5.74) is 6.89. The van der Waals surface area contributed by atoms with E-state index in [1.807, 2.05) is 0 Å². The second-order valence-corrected chi connectivity index (χ2v) is 7.17. The van der Waals surface area contributed by atoms with Crippen LogP contribution >= 0.6 is 12.4 Å². The van der Waals surface area contributed by atoms with Crippen molar-refractivity contribution in [3.63, 3.8) is 0 Å². The van der Waals surface area contributed by atoms with Crippen LogP contribution in [0.25, 0.3) is 21.7 Å². The summed E-state index contributed by atoms with van der Waals surface area (Å²) in [6.07, 6.45) is 2.12. The average Bonchev–Trinajstić information content (AvgIpc) is 3.01. The lowest BCUT2D eigenvalue weighted by molar-refractivity contribution is 0.496. The summed E-state index contributed by atoms with van der Waals surface area (Å²) in [5, 5.41) is 7.82. The van der Waals surface area contributed by atoms with Crippen molar-refractivity contribution < 1.29 is 0 Å². The van der Waals surface area contributed by atoms with Gasteiger partial charge < -0.3 is 10.3 Å². The third kappa shape index (κ3) is 2.80. The molecule has 0 fully saturated rings. The van der Waals surface area contributed by atoms with E-state index in [1.165, 1.54) is 44.1 Å². The Hall–Kier alpha value is -2.29. The molecule has 1 unspecified atom stereocenters. The molecule has 132 valence electrons. The van der Waals surface area contributed by atoms with Crippen molar-refractivity contribution in [1.29, 1.82) is 0 Å². The molecule has 1 aliphatic heterocycles. The fraction of sp³-hybridized carbons (Fsp3) is 0.217. The molecule has 26 heavy (non-hydrogen) atoms. The van der Waals surface area contributed by atoms with Crippen molar-refractivity contribution in [3.8, 4) is 0 Å². The van der Waals surface area contributed by atoms with E-state index in [0.717, 1.165) is 19.4 Å². The van der Waals surface area contributed by atoms with Crippen molar-refractivity contribution in [3.05, 3.63) is 83.0 Å². The third-order valence-electron chi connectivity index (χ3n) is 5.51. The Morgan fingerprint density at radius 2 is 1.81 bits per heavy atom. The van der Waals surface area contributed by atoms with Crippen molar-refractivity contribution in [2.75, 3.05) is 6.54 Å². The summed E-state index contributed by atoms with van der Waals surface area (Å²) in [4.78, 5) is 3.70. The van der Waals surface area contributed by atoms with Crippen LogP contribution in [0.1, 0.15) is 28.4 Å². The van der Waals surface area contributed by atoms with Gasteiger partial charge >= 0.3 is 0 Å². The van der Waals surface area contributed by atoms with Crippen molar-refractivity contribution in [2.24, 2.45) is 0 Å². The number of hydrogen-bond donors (Lipinski definition) is 2. The van der Waals surface area contributed by atoms with Crippen LogP contribution in [0.2, 0.25) is 0 Å². The van der Waals surface area contributed by atoms with Gasteiger partial charge in [0.1, 0.15) is 0 Å². The highest BCUT2D eigenvalue weighted by Crippen LogP contribution is 2.33. The largest absolute Gasteiger partial charge is 0.357 e. The minimum Gasteiger partial charge on any atom is -0.357 e. The lowest BCUT2D eigenvalue weighted by atomic mass is 9.92. The van der Waals surface area contributed by atoms with Gasteiger partial charge in [0.05, 0.1) is 6.04 Å². The zero-order valence-electron chi connectivity index (χ0n) is 14.9. The van der Waals surface area contributed by atoms with Gasteiger partial charge in [0.2, 0.25) is 0 Å². The minimum atomic E-state index is 0. The van der Waals surface area contributed by atoms with Crippen LogP contribution < -0.4 is 5.32 Å². The summed E-state index contributed by atoms with van der Waals surface area (Å²) in [6.45, 7) is 3.22. The zero-order chi connectivity index (χ0) is 16.8. The van der Waals surface area contributed by atoms with Crippen molar-refractivity contribution in [1.82, 2.24) is 10.3 Å². The van der Waals surface area contributed by atoms with Gasteiger partial charge in [-0.2, -0.15) is 0 Å². The standard InChI is InChI=1S/C23H22N2.ClH/c1-15-9-10-21-20(13-15)19-11-12-24-22(23(19)25-21)14-17-7-4-6-16-5-2-3-8-18(16)17;/h2-10,13,22,24-25H,11-12,14H2,1H3;1H. The third-order valence-corrected chi connectivity index (χ3v) is 5.51. The highest BCUT2D eigenvalue weighted by atomic mass is 35.5. The molecule has 1 atom stereocenters. The van der Waals surface area contributed by atoms with Crippen LogP contribution in [0, 0.1) is 6.92 Å². The van der Waals surface area contributed by atoms with E-state index >= 15 is 0 Å². The lowest BCUT2D eigenvalue weighted by Crippen LogP contribution is -2.31. The van der Waals surface area contributed by atoms with Crippen LogP contribution in [-0.2, 0) is 12.8 Å². The summed E-state index contributed by atoms with van der Waals surface area (Å²) >= 11 is 0. The highest BCUT2D eigenvalue weighted by Gasteiger charge is 2.24. The summed E-state index contributed by atoms with van der Waals surface area (Å²) in [5.74, 6) is 0. The molecule has 3 aromatic carbocycles. The Morgan fingerprint density at radius 1 is 0.962 bits per heavy atom. The number of hydrogen-bond acceptors (Lipinski definition) is 1. The fourth-order valence-corrected chi connectivity index (χ4v) is 4.29. The molecule has 0 aliphatic carbocycles. The molecule has 0 spiro atoms. The Kier molecular flexibility index (Phi) is 4.47. The van der Waals surface area contributed by atoms with Crippen LogP contribution in [0.5, 0.6) is 0 Å². The smallest absolute Gasteiger partial charge is 0.0517 e. The number of H-pyrrole nitrogens is 1. The number of aromatic nitrogens is 1. The first-order valence-electron chi connectivity index (χ1n) is 9.11. The maximum Gasteiger partial charge on any atom is 0.0517 e. The van der Waals surface area contributed by atoms with Crippen LogP contribution in [0.3, 0.4) is 0 Å². The first-order chi connectivity index (χ1) is 12.3. The number of aryl methyl sites for hydroxylation is 1. The maximum atomic E-state index is 3.73. The number of rotatable bonds is 2. The van der Waals surface area contributed by atoms with E-state index in [4.69, 9.17) is 0 Å². The van der Waals surface area contributed by atoms with Crippen LogP contribution in [0.4, 0.5) is 0 Å². The zero-order valence-corrected chi connectivity index (χ0v) is 15.7. The molecule has 5 rings (SSSR count). The predicted molar refractivity (Wildman–Crippen MR) is 112 cm³/mol. The fourth-order valence-electron chi connectivity index (χ4n) is 4.29.